The van der Waals surface area contributed by atoms with E-state index in [1.54, 1.807) is 0 Å². The highest BCUT2D eigenvalue weighted by Gasteiger charge is 2.37. The molecule has 2 aromatic rings. The fraction of sp³-hybridized carbons (Fsp3) is 0.500. The molecule has 2 fully saturated rings. The normalized spacial score (nSPS) is 25.2. The van der Waals surface area contributed by atoms with Crippen molar-refractivity contribution in [1.29, 1.82) is 0 Å². The van der Waals surface area contributed by atoms with Crippen LogP contribution < -0.4 is 0 Å². The van der Waals surface area contributed by atoms with Crippen LogP contribution in [0.4, 0.5) is 0 Å². The number of fused-ring (bicyclic) bond motifs is 2. The molecule has 2 aliphatic rings. The van der Waals surface area contributed by atoms with Crippen molar-refractivity contribution in [3.8, 4) is 0 Å². The Hall–Kier alpha value is -1.77. The highest BCUT2D eigenvalue weighted by Crippen LogP contribution is 2.36. The number of H-pyrrole nitrogens is 1. The monoisotopic (exact) mass is 282 g/mol. The van der Waals surface area contributed by atoms with E-state index in [1.807, 2.05) is 18.3 Å². The van der Waals surface area contributed by atoms with Crippen molar-refractivity contribution in [2.75, 3.05) is 6.54 Å². The Morgan fingerprint density at radius 1 is 1.19 bits per heavy atom. The summed E-state index contributed by atoms with van der Waals surface area (Å²) in [6, 6.07) is 8.75. The first-order chi connectivity index (χ1) is 10.3. The second-order valence-corrected chi connectivity index (χ2v) is 6.52. The zero-order valence-corrected chi connectivity index (χ0v) is 12.3. The lowest BCUT2D eigenvalue weighted by Crippen LogP contribution is -2.40. The van der Waals surface area contributed by atoms with Gasteiger partial charge in [-0.25, -0.2) is 0 Å². The number of hydrogen-bond acceptors (Lipinski definition) is 1. The SMILES string of the molecule is O=C(Cc1c[nH]c2ccccc12)N1CCC2CCCCC21. The van der Waals surface area contributed by atoms with Gasteiger partial charge >= 0.3 is 0 Å². The number of likely N-dealkylation sites (tertiary alicyclic amines) is 1. The number of amides is 1. The predicted octanol–water partition coefficient (Wildman–Crippen LogP) is 3.50. The van der Waals surface area contributed by atoms with Crippen molar-refractivity contribution in [1.82, 2.24) is 9.88 Å². The van der Waals surface area contributed by atoms with Crippen molar-refractivity contribution in [2.24, 2.45) is 5.92 Å². The van der Waals surface area contributed by atoms with Gasteiger partial charge in [0.15, 0.2) is 0 Å². The third kappa shape index (κ3) is 2.25. The summed E-state index contributed by atoms with van der Waals surface area (Å²) in [5.41, 5.74) is 2.26. The number of para-hydroxylation sites is 1. The summed E-state index contributed by atoms with van der Waals surface area (Å²) >= 11 is 0. The summed E-state index contributed by atoms with van der Waals surface area (Å²) in [5.74, 6) is 1.08. The predicted molar refractivity (Wildman–Crippen MR) is 84.1 cm³/mol. The van der Waals surface area contributed by atoms with E-state index in [2.05, 4.69) is 22.0 Å². The number of carbonyl (C=O) groups excluding carboxylic acids is 1. The van der Waals surface area contributed by atoms with Crippen molar-refractivity contribution in [2.45, 2.75) is 44.6 Å². The van der Waals surface area contributed by atoms with E-state index in [-0.39, 0.29) is 0 Å². The van der Waals surface area contributed by atoms with E-state index < -0.39 is 0 Å². The van der Waals surface area contributed by atoms with E-state index >= 15 is 0 Å². The molecule has 3 nitrogen and oxygen atoms in total. The Labute approximate surface area is 125 Å². The molecule has 21 heavy (non-hydrogen) atoms. The van der Waals surface area contributed by atoms with Crippen molar-refractivity contribution < 1.29 is 4.79 Å². The molecule has 3 heteroatoms. The molecule has 1 aliphatic heterocycles. The summed E-state index contributed by atoms with van der Waals surface area (Å²) in [5, 5.41) is 1.19. The maximum atomic E-state index is 12.7. The molecule has 1 N–H and O–H groups in total. The van der Waals surface area contributed by atoms with Gasteiger partial charge in [0.05, 0.1) is 6.42 Å². The van der Waals surface area contributed by atoms with Crippen LogP contribution in [-0.4, -0.2) is 28.4 Å². The standard InChI is InChI=1S/C18H22N2O/c21-18(20-10-9-13-5-1-4-8-17(13)20)11-14-12-19-16-7-3-2-6-15(14)16/h2-3,6-7,12-13,17,19H,1,4-5,8-11H2. The Morgan fingerprint density at radius 3 is 3.00 bits per heavy atom. The second kappa shape index (κ2) is 5.21. The Bertz CT molecular complexity index is 660. The van der Waals surface area contributed by atoms with Crippen LogP contribution in [0.3, 0.4) is 0 Å². The van der Waals surface area contributed by atoms with Crippen molar-refractivity contribution in [3.63, 3.8) is 0 Å². The number of nitrogens with zero attached hydrogens (tertiary/aromatic N) is 1. The van der Waals surface area contributed by atoms with Crippen LogP contribution in [0.2, 0.25) is 0 Å². The second-order valence-electron chi connectivity index (χ2n) is 6.52. The third-order valence-corrected chi connectivity index (χ3v) is 5.35. The molecule has 0 spiro atoms. The topological polar surface area (TPSA) is 36.1 Å². The Morgan fingerprint density at radius 2 is 2.05 bits per heavy atom. The number of carbonyl (C=O) groups is 1. The minimum Gasteiger partial charge on any atom is -0.361 e. The zero-order valence-electron chi connectivity index (χ0n) is 12.3. The van der Waals surface area contributed by atoms with Crippen LogP contribution in [-0.2, 0) is 11.2 Å². The molecule has 1 aromatic carbocycles. The number of benzene rings is 1. The van der Waals surface area contributed by atoms with Crippen LogP contribution >= 0.6 is 0 Å². The summed E-state index contributed by atoms with van der Waals surface area (Å²) in [6.45, 7) is 0.969. The average molecular weight is 282 g/mol. The number of nitrogens with one attached hydrogen (secondary N) is 1. The van der Waals surface area contributed by atoms with E-state index in [1.165, 1.54) is 37.5 Å². The molecular formula is C18H22N2O. The highest BCUT2D eigenvalue weighted by molar-refractivity contribution is 5.89. The van der Waals surface area contributed by atoms with Crippen molar-refractivity contribution in [3.05, 3.63) is 36.0 Å². The Kier molecular flexibility index (Phi) is 3.21. The quantitative estimate of drug-likeness (QED) is 0.899. The first-order valence-electron chi connectivity index (χ1n) is 8.17. The van der Waals surface area contributed by atoms with E-state index in [4.69, 9.17) is 0 Å². The minimum absolute atomic E-state index is 0.314. The minimum atomic E-state index is 0.314. The fourth-order valence-corrected chi connectivity index (χ4v) is 4.26. The summed E-state index contributed by atoms with van der Waals surface area (Å²) in [7, 11) is 0. The van der Waals surface area contributed by atoms with Gasteiger partial charge in [0.25, 0.3) is 0 Å². The van der Waals surface area contributed by atoms with Gasteiger partial charge in [-0.05, 0) is 36.8 Å². The zero-order chi connectivity index (χ0) is 14.2. The molecule has 1 aromatic heterocycles. The summed E-state index contributed by atoms with van der Waals surface area (Å²) in [4.78, 5) is 18.2. The van der Waals surface area contributed by atoms with Gasteiger partial charge < -0.3 is 9.88 Å². The van der Waals surface area contributed by atoms with Crippen molar-refractivity contribution >= 4 is 16.8 Å². The van der Waals surface area contributed by atoms with Gasteiger partial charge in [-0.15, -0.1) is 0 Å². The van der Waals surface area contributed by atoms with Gasteiger partial charge in [0, 0.05) is 29.7 Å². The van der Waals surface area contributed by atoms with Crippen LogP contribution in [0.15, 0.2) is 30.5 Å². The molecule has 2 heterocycles. The van der Waals surface area contributed by atoms with Crippen LogP contribution in [0.1, 0.15) is 37.7 Å². The first kappa shape index (κ1) is 12.9. The molecule has 2 unspecified atom stereocenters. The van der Waals surface area contributed by atoms with E-state index in [0.29, 0.717) is 18.4 Å². The average Bonchev–Trinajstić information content (AvgIpc) is 3.12. The molecule has 1 aliphatic carbocycles. The maximum absolute atomic E-state index is 12.7. The maximum Gasteiger partial charge on any atom is 0.227 e. The van der Waals surface area contributed by atoms with Crippen LogP contribution in [0, 0.1) is 5.92 Å². The number of aromatic nitrogens is 1. The third-order valence-electron chi connectivity index (χ3n) is 5.35. The summed E-state index contributed by atoms with van der Waals surface area (Å²) in [6.07, 6.45) is 8.92. The molecule has 110 valence electrons. The molecule has 0 radical (unpaired) electrons. The van der Waals surface area contributed by atoms with Crippen LogP contribution in [0.25, 0.3) is 10.9 Å². The molecule has 1 saturated heterocycles. The lowest BCUT2D eigenvalue weighted by Gasteiger charge is -2.31. The lowest BCUT2D eigenvalue weighted by atomic mass is 9.85. The molecule has 1 saturated carbocycles. The number of hydrogen-bond donors (Lipinski definition) is 1. The number of aromatic amines is 1. The van der Waals surface area contributed by atoms with Gasteiger partial charge in [-0.3, -0.25) is 4.79 Å². The largest absolute Gasteiger partial charge is 0.361 e. The van der Waals surface area contributed by atoms with Gasteiger partial charge in [0.1, 0.15) is 0 Å². The van der Waals surface area contributed by atoms with Gasteiger partial charge in [0.2, 0.25) is 5.91 Å². The van der Waals surface area contributed by atoms with Gasteiger partial charge in [-0.1, -0.05) is 31.0 Å². The molecular weight excluding hydrogens is 260 g/mol. The lowest BCUT2D eigenvalue weighted by molar-refractivity contribution is -0.132. The smallest absolute Gasteiger partial charge is 0.227 e. The highest BCUT2D eigenvalue weighted by atomic mass is 16.2. The fourth-order valence-electron chi connectivity index (χ4n) is 4.26. The molecule has 1 amide bonds. The van der Waals surface area contributed by atoms with E-state index in [9.17, 15) is 4.79 Å². The molecule has 0 bridgehead atoms. The number of rotatable bonds is 2. The molecule has 2 atom stereocenters. The van der Waals surface area contributed by atoms with Gasteiger partial charge in [-0.2, -0.15) is 0 Å². The van der Waals surface area contributed by atoms with Crippen LogP contribution in [0.5, 0.6) is 0 Å². The Balaban J connectivity index is 1.53. The molecule has 4 rings (SSSR count). The first-order valence-corrected chi connectivity index (χ1v) is 8.17. The summed E-state index contributed by atoms with van der Waals surface area (Å²) < 4.78 is 0. The van der Waals surface area contributed by atoms with E-state index in [0.717, 1.165) is 23.5 Å².